The number of nitrogen functional groups attached to an aromatic ring is 1. The number of nitrogens with zero attached hydrogens (tertiary/aromatic N) is 2. The van der Waals surface area contributed by atoms with Crippen molar-refractivity contribution < 1.29 is 4.79 Å². The van der Waals surface area contributed by atoms with E-state index in [1.165, 1.54) is 11.8 Å². The highest BCUT2D eigenvalue weighted by Gasteiger charge is 2.18. The quantitative estimate of drug-likeness (QED) is 0.855. The number of hydrogen-bond donors (Lipinski definition) is 1. The van der Waals surface area contributed by atoms with Gasteiger partial charge < -0.3 is 10.6 Å². The van der Waals surface area contributed by atoms with Crippen LogP contribution >= 0.6 is 23.4 Å². The molecule has 0 radical (unpaired) electrons. The van der Waals surface area contributed by atoms with Crippen molar-refractivity contribution >= 4 is 35.0 Å². The van der Waals surface area contributed by atoms with E-state index in [4.69, 9.17) is 17.3 Å². The molecular weight excluding hydrogens is 258 g/mol. The Balaban J connectivity index is 1.90. The average molecular weight is 272 g/mol. The minimum Gasteiger partial charge on any atom is -0.397 e. The smallest absolute Gasteiger partial charge is 0.232 e. The van der Waals surface area contributed by atoms with Crippen molar-refractivity contribution in [3.05, 3.63) is 17.3 Å². The number of thioether (sulfide) groups is 1. The van der Waals surface area contributed by atoms with Gasteiger partial charge >= 0.3 is 0 Å². The van der Waals surface area contributed by atoms with E-state index in [2.05, 4.69) is 4.98 Å². The van der Waals surface area contributed by atoms with Gasteiger partial charge in [-0.1, -0.05) is 23.4 Å². The first-order valence-electron chi connectivity index (χ1n) is 5.48. The molecule has 0 aliphatic carbocycles. The molecule has 1 saturated heterocycles. The van der Waals surface area contributed by atoms with Gasteiger partial charge in [-0.3, -0.25) is 4.79 Å². The van der Waals surface area contributed by atoms with Crippen LogP contribution in [0.3, 0.4) is 0 Å². The van der Waals surface area contributed by atoms with Crippen molar-refractivity contribution in [1.29, 1.82) is 0 Å². The predicted molar refractivity (Wildman–Crippen MR) is 70.2 cm³/mol. The molecule has 1 fully saturated rings. The molecule has 0 aromatic carbocycles. The maximum atomic E-state index is 11.8. The van der Waals surface area contributed by atoms with Gasteiger partial charge in [-0.2, -0.15) is 0 Å². The second kappa shape index (κ2) is 5.60. The zero-order valence-corrected chi connectivity index (χ0v) is 10.9. The molecule has 1 amide bonds. The standard InChI is InChI=1S/C11H14ClN3OS/c12-9-5-8(13)6-14-11(9)17-7-10(16)15-3-1-2-4-15/h5-6H,1-4,7,13H2. The zero-order chi connectivity index (χ0) is 12.3. The summed E-state index contributed by atoms with van der Waals surface area (Å²) in [5.74, 6) is 0.540. The number of rotatable bonds is 3. The van der Waals surface area contributed by atoms with E-state index in [1.54, 1.807) is 12.3 Å². The van der Waals surface area contributed by atoms with Crippen molar-refractivity contribution in [2.75, 3.05) is 24.6 Å². The molecule has 0 spiro atoms. The van der Waals surface area contributed by atoms with E-state index in [0.717, 1.165) is 25.9 Å². The molecule has 92 valence electrons. The van der Waals surface area contributed by atoms with Crippen LogP contribution in [-0.4, -0.2) is 34.6 Å². The summed E-state index contributed by atoms with van der Waals surface area (Å²) in [5.41, 5.74) is 6.08. The highest BCUT2D eigenvalue weighted by atomic mass is 35.5. The van der Waals surface area contributed by atoms with Crippen LogP contribution in [0.5, 0.6) is 0 Å². The van der Waals surface area contributed by atoms with Crippen LogP contribution in [0.15, 0.2) is 17.3 Å². The summed E-state index contributed by atoms with van der Waals surface area (Å²) in [6.07, 6.45) is 3.77. The first-order valence-corrected chi connectivity index (χ1v) is 6.85. The number of likely N-dealkylation sites (tertiary alicyclic amines) is 1. The zero-order valence-electron chi connectivity index (χ0n) is 9.36. The SMILES string of the molecule is Nc1cnc(SCC(=O)N2CCCC2)c(Cl)c1. The number of hydrogen-bond acceptors (Lipinski definition) is 4. The van der Waals surface area contributed by atoms with Crippen LogP contribution in [0.4, 0.5) is 5.69 Å². The molecule has 1 aliphatic heterocycles. The van der Waals surface area contributed by atoms with Gasteiger partial charge in [-0.15, -0.1) is 0 Å². The summed E-state index contributed by atoms with van der Waals surface area (Å²) in [6.45, 7) is 1.75. The molecule has 17 heavy (non-hydrogen) atoms. The molecule has 2 heterocycles. The highest BCUT2D eigenvalue weighted by molar-refractivity contribution is 8.00. The Bertz CT molecular complexity index is 421. The molecule has 1 aromatic heterocycles. The lowest BCUT2D eigenvalue weighted by atomic mass is 10.4. The molecule has 0 atom stereocenters. The summed E-state index contributed by atoms with van der Waals surface area (Å²) in [5, 5.41) is 1.16. The van der Waals surface area contributed by atoms with Crippen LogP contribution in [0.25, 0.3) is 0 Å². The molecular formula is C11H14ClN3OS. The fourth-order valence-corrected chi connectivity index (χ4v) is 2.84. The van der Waals surface area contributed by atoms with Crippen LogP contribution < -0.4 is 5.73 Å². The lowest BCUT2D eigenvalue weighted by Gasteiger charge is -2.14. The Morgan fingerprint density at radius 1 is 1.53 bits per heavy atom. The summed E-state index contributed by atoms with van der Waals surface area (Å²) in [7, 11) is 0. The summed E-state index contributed by atoms with van der Waals surface area (Å²) >= 11 is 7.35. The average Bonchev–Trinajstić information content (AvgIpc) is 2.81. The third-order valence-electron chi connectivity index (χ3n) is 2.62. The molecule has 6 heteroatoms. The Labute approximate surface area is 110 Å². The number of anilines is 1. The van der Waals surface area contributed by atoms with E-state index in [9.17, 15) is 4.79 Å². The van der Waals surface area contributed by atoms with E-state index < -0.39 is 0 Å². The van der Waals surface area contributed by atoms with Crippen molar-refractivity contribution in [2.24, 2.45) is 0 Å². The van der Waals surface area contributed by atoms with Crippen molar-refractivity contribution in [3.63, 3.8) is 0 Å². The van der Waals surface area contributed by atoms with Crippen LogP contribution in [0.1, 0.15) is 12.8 Å². The van der Waals surface area contributed by atoms with E-state index in [1.807, 2.05) is 4.90 Å². The van der Waals surface area contributed by atoms with E-state index >= 15 is 0 Å². The number of nitrogens with two attached hydrogens (primary N) is 1. The van der Waals surface area contributed by atoms with E-state index in [0.29, 0.717) is 21.5 Å². The number of halogens is 1. The second-order valence-corrected chi connectivity index (χ2v) is 5.30. The van der Waals surface area contributed by atoms with Crippen LogP contribution in [0.2, 0.25) is 5.02 Å². The fraction of sp³-hybridized carbons (Fsp3) is 0.455. The van der Waals surface area contributed by atoms with Gasteiger partial charge in [0.15, 0.2) is 0 Å². The van der Waals surface area contributed by atoms with Crippen molar-refractivity contribution in [2.45, 2.75) is 17.9 Å². The molecule has 0 saturated carbocycles. The minimum atomic E-state index is 0.155. The minimum absolute atomic E-state index is 0.155. The normalized spacial score (nSPS) is 15.2. The Kier molecular flexibility index (Phi) is 4.12. The number of amides is 1. The lowest BCUT2D eigenvalue weighted by molar-refractivity contribution is -0.127. The van der Waals surface area contributed by atoms with Gasteiger partial charge in [-0.05, 0) is 18.9 Å². The Morgan fingerprint density at radius 3 is 2.88 bits per heavy atom. The lowest BCUT2D eigenvalue weighted by Crippen LogP contribution is -2.29. The topological polar surface area (TPSA) is 59.2 Å². The fourth-order valence-electron chi connectivity index (χ4n) is 1.73. The van der Waals surface area contributed by atoms with Gasteiger partial charge in [-0.25, -0.2) is 4.98 Å². The first kappa shape index (κ1) is 12.5. The number of pyridine rings is 1. The van der Waals surface area contributed by atoms with Crippen LogP contribution in [-0.2, 0) is 4.79 Å². The molecule has 2 rings (SSSR count). The van der Waals surface area contributed by atoms with E-state index in [-0.39, 0.29) is 5.91 Å². The largest absolute Gasteiger partial charge is 0.397 e. The molecule has 1 aromatic rings. The van der Waals surface area contributed by atoms with Gasteiger partial charge in [0.1, 0.15) is 5.03 Å². The molecule has 0 unspecified atom stereocenters. The van der Waals surface area contributed by atoms with Gasteiger partial charge in [0.25, 0.3) is 0 Å². The highest BCUT2D eigenvalue weighted by Crippen LogP contribution is 2.26. The van der Waals surface area contributed by atoms with Crippen LogP contribution in [0, 0.1) is 0 Å². The van der Waals surface area contributed by atoms with Gasteiger partial charge in [0, 0.05) is 13.1 Å². The third-order valence-corrected chi connectivity index (χ3v) is 4.01. The second-order valence-electron chi connectivity index (χ2n) is 3.93. The molecule has 4 nitrogen and oxygen atoms in total. The van der Waals surface area contributed by atoms with Crippen molar-refractivity contribution in [1.82, 2.24) is 9.88 Å². The maximum absolute atomic E-state index is 11.8. The third kappa shape index (κ3) is 3.26. The summed E-state index contributed by atoms with van der Waals surface area (Å²) in [4.78, 5) is 17.8. The number of carbonyl (C=O) groups is 1. The maximum Gasteiger partial charge on any atom is 0.232 e. The van der Waals surface area contributed by atoms with Gasteiger partial charge in [0.2, 0.25) is 5.91 Å². The predicted octanol–water partition coefficient (Wildman–Crippen LogP) is 2.03. The summed E-state index contributed by atoms with van der Waals surface area (Å²) < 4.78 is 0. The summed E-state index contributed by atoms with van der Waals surface area (Å²) in [6, 6.07) is 1.65. The van der Waals surface area contributed by atoms with Gasteiger partial charge in [0.05, 0.1) is 22.7 Å². The first-order chi connectivity index (χ1) is 8.16. The monoisotopic (exact) mass is 271 g/mol. The molecule has 2 N–H and O–H groups in total. The Morgan fingerprint density at radius 2 is 2.24 bits per heavy atom. The number of carbonyl (C=O) groups excluding carboxylic acids is 1. The Hall–Kier alpha value is -0.940. The number of aromatic nitrogens is 1. The molecule has 0 bridgehead atoms. The molecule has 1 aliphatic rings. The van der Waals surface area contributed by atoms with Crippen molar-refractivity contribution in [3.8, 4) is 0 Å².